The van der Waals surface area contributed by atoms with E-state index in [0.717, 1.165) is 0 Å². The fraction of sp³-hybridized carbons (Fsp3) is 0. The van der Waals surface area contributed by atoms with Crippen molar-refractivity contribution in [3.05, 3.63) is 36.4 Å². The van der Waals surface area contributed by atoms with E-state index in [9.17, 15) is 0 Å². The van der Waals surface area contributed by atoms with E-state index in [0.29, 0.717) is 0 Å². The Hall–Kier alpha value is -0.128. The van der Waals surface area contributed by atoms with Crippen molar-refractivity contribution in [1.82, 2.24) is 0 Å². The zero-order valence-corrected chi connectivity index (χ0v) is 8.94. The normalized spacial score (nSPS) is 6.22. The molecule has 1 aromatic rings. The SMILES string of the molecule is [O]=[U]=[O].c1ccccc1. The summed E-state index contributed by atoms with van der Waals surface area (Å²) in [5.41, 5.74) is 0. The molecule has 0 saturated heterocycles. The van der Waals surface area contributed by atoms with Crippen LogP contribution in [-0.2, 0) is 4.47 Å². The topological polar surface area (TPSA) is 34.1 Å². The Morgan fingerprint density at radius 3 is 0.889 bits per heavy atom. The van der Waals surface area contributed by atoms with Gasteiger partial charge in [0, 0.05) is 0 Å². The molecule has 0 aliphatic carbocycles. The van der Waals surface area contributed by atoms with Crippen molar-refractivity contribution in [3.63, 3.8) is 0 Å². The molecule has 0 atom stereocenters. The van der Waals surface area contributed by atoms with Crippen LogP contribution in [0.2, 0.25) is 0 Å². The average Bonchev–Trinajstić information content (AvgIpc) is 1.93. The summed E-state index contributed by atoms with van der Waals surface area (Å²) in [6.07, 6.45) is 0. The van der Waals surface area contributed by atoms with Gasteiger partial charge < -0.3 is 0 Å². The molecule has 0 N–H and O–H groups in total. The summed E-state index contributed by atoms with van der Waals surface area (Å²) in [6.45, 7) is 0. The van der Waals surface area contributed by atoms with E-state index in [2.05, 4.69) is 0 Å². The second kappa shape index (κ2) is 7.87. The van der Waals surface area contributed by atoms with Crippen LogP contribution in [-0.4, -0.2) is 0 Å². The molecule has 2 nitrogen and oxygen atoms in total. The van der Waals surface area contributed by atoms with Crippen LogP contribution in [0.5, 0.6) is 0 Å². The molecule has 1 rings (SSSR count). The molecule has 0 bridgehead atoms. The van der Waals surface area contributed by atoms with Gasteiger partial charge in [0.1, 0.15) is 0 Å². The van der Waals surface area contributed by atoms with E-state index in [1.165, 1.54) is 0 Å². The standard InChI is InChI=1S/C6H6.2O.U/c1-2-4-6-5-3-1;;;/h1-6H;;;. The van der Waals surface area contributed by atoms with Gasteiger partial charge in [-0.15, -0.1) is 0 Å². The number of hydrogen-bond donors (Lipinski definition) is 0. The molecular weight excluding hydrogens is 342 g/mol. The van der Waals surface area contributed by atoms with Crippen LogP contribution in [0.4, 0.5) is 0 Å². The minimum absolute atomic E-state index is 2.00. The van der Waals surface area contributed by atoms with Crippen molar-refractivity contribution >= 4 is 0 Å². The maximum Gasteiger partial charge on any atom is -0.0623 e. The van der Waals surface area contributed by atoms with Crippen LogP contribution in [0.3, 0.4) is 0 Å². The molecule has 0 aromatic heterocycles. The second-order valence-corrected chi connectivity index (χ2v) is 1.93. The van der Waals surface area contributed by atoms with Gasteiger partial charge in [0.25, 0.3) is 0 Å². The van der Waals surface area contributed by atoms with Gasteiger partial charge in [-0.25, -0.2) is 0 Å². The molecule has 0 fully saturated rings. The summed E-state index contributed by atoms with van der Waals surface area (Å²) in [4.78, 5) is 0. The third-order valence-electron chi connectivity index (χ3n) is 0.667. The first kappa shape index (κ1) is 8.87. The Labute approximate surface area is 68.5 Å². The molecule has 0 aliphatic heterocycles. The molecule has 0 amide bonds. The third kappa shape index (κ3) is 7.87. The zero-order chi connectivity index (χ0) is 6.95. The third-order valence-corrected chi connectivity index (χ3v) is 0.667. The van der Waals surface area contributed by atoms with Crippen molar-refractivity contribution < 1.29 is 32.3 Å². The van der Waals surface area contributed by atoms with Gasteiger partial charge in [-0.3, -0.25) is 0 Å². The van der Waals surface area contributed by atoms with Gasteiger partial charge in [0.15, 0.2) is 0 Å². The van der Waals surface area contributed by atoms with Crippen LogP contribution in [0.1, 0.15) is 0 Å². The molecule has 0 unspecified atom stereocenters. The first-order valence-corrected chi connectivity index (χ1v) is 5.81. The Morgan fingerprint density at radius 1 is 0.667 bits per heavy atom. The Kier molecular flexibility index (Phi) is 7.76. The predicted octanol–water partition coefficient (Wildman–Crippen LogP) is 1.45. The molecule has 0 heterocycles. The Balaban J connectivity index is 0.000000187. The van der Waals surface area contributed by atoms with Crippen LogP contribution in [0.25, 0.3) is 0 Å². The molecule has 46 valence electrons. The molecule has 0 radical (unpaired) electrons. The van der Waals surface area contributed by atoms with Crippen LogP contribution in [0.15, 0.2) is 36.4 Å². The number of hydrogen-bond acceptors (Lipinski definition) is 2. The van der Waals surface area contributed by atoms with E-state index in [1.54, 1.807) is 0 Å². The Morgan fingerprint density at radius 2 is 0.778 bits per heavy atom. The smallest absolute Gasteiger partial charge is 0.0623 e. The summed E-state index contributed by atoms with van der Waals surface area (Å²) in [6, 6.07) is 12.0. The van der Waals surface area contributed by atoms with Crippen LogP contribution >= 0.6 is 0 Å². The molecule has 0 aliphatic rings. The predicted molar refractivity (Wildman–Crippen MR) is 27.8 cm³/mol. The molecule has 0 saturated carbocycles. The molecule has 9 heavy (non-hydrogen) atoms. The Bertz CT molecular complexity index is 141. The van der Waals surface area contributed by atoms with Crippen molar-refractivity contribution in [3.8, 4) is 0 Å². The summed E-state index contributed by atoms with van der Waals surface area (Å²) in [5.74, 6) is 0. The van der Waals surface area contributed by atoms with Crippen molar-refractivity contribution in [2.75, 3.05) is 0 Å². The van der Waals surface area contributed by atoms with Crippen LogP contribution < -0.4 is 0 Å². The van der Waals surface area contributed by atoms with Gasteiger partial charge in [-0.2, -0.15) is 0 Å². The van der Waals surface area contributed by atoms with Crippen molar-refractivity contribution in [2.24, 2.45) is 0 Å². The second-order valence-electron chi connectivity index (χ2n) is 1.24. The molecular formula is C6H6O2U. The maximum absolute atomic E-state index is 8.58. The van der Waals surface area contributed by atoms with Gasteiger partial charge in [-0.1, -0.05) is 36.4 Å². The minimum Gasteiger partial charge on any atom is -0.0623 e. The van der Waals surface area contributed by atoms with Gasteiger partial charge in [-0.05, 0) is 0 Å². The van der Waals surface area contributed by atoms with E-state index in [-0.39, 0.29) is 0 Å². The van der Waals surface area contributed by atoms with E-state index < -0.39 is 27.8 Å². The monoisotopic (exact) mass is 348 g/mol. The fourth-order valence-electron chi connectivity index (χ4n) is 0.385. The summed E-state index contributed by atoms with van der Waals surface area (Å²) >= 11 is -2.51. The first-order valence-electron chi connectivity index (χ1n) is 2.41. The summed E-state index contributed by atoms with van der Waals surface area (Å²) in [5, 5.41) is 0. The largest absolute Gasteiger partial charge is 0.0623 e. The molecule has 0 spiro atoms. The fourth-order valence-corrected chi connectivity index (χ4v) is 0.385. The summed E-state index contributed by atoms with van der Waals surface area (Å²) in [7, 11) is 0. The van der Waals surface area contributed by atoms with E-state index in [1.807, 2.05) is 36.4 Å². The van der Waals surface area contributed by atoms with Gasteiger partial charge in [0.05, 0.1) is 0 Å². The molecule has 3 heteroatoms. The number of benzene rings is 1. The molecule has 1 aromatic carbocycles. The van der Waals surface area contributed by atoms with Crippen molar-refractivity contribution in [1.29, 1.82) is 0 Å². The zero-order valence-electron chi connectivity index (χ0n) is 4.78. The van der Waals surface area contributed by atoms with E-state index >= 15 is 0 Å². The van der Waals surface area contributed by atoms with Crippen molar-refractivity contribution in [2.45, 2.75) is 0 Å². The average molecular weight is 348 g/mol. The van der Waals surface area contributed by atoms with E-state index in [4.69, 9.17) is 4.47 Å². The van der Waals surface area contributed by atoms with Crippen LogP contribution in [0, 0.1) is 27.8 Å². The summed E-state index contributed by atoms with van der Waals surface area (Å²) < 4.78 is 17.2. The van der Waals surface area contributed by atoms with Gasteiger partial charge >= 0.3 is 32.3 Å². The van der Waals surface area contributed by atoms with Gasteiger partial charge in [0.2, 0.25) is 0 Å². The first-order chi connectivity index (χ1) is 4.41. The number of rotatable bonds is 0. The minimum atomic E-state index is -2.51. The maximum atomic E-state index is 8.58. The quantitative estimate of drug-likeness (QED) is 0.711.